The molecule has 1 heterocycles. The first-order valence-electron chi connectivity index (χ1n) is 5.79. The third kappa shape index (κ3) is 3.60. The van der Waals surface area contributed by atoms with Crippen molar-refractivity contribution in [3.8, 4) is 5.75 Å². The van der Waals surface area contributed by atoms with Crippen LogP contribution in [0.4, 0.5) is 5.69 Å². The Labute approximate surface area is 118 Å². The van der Waals surface area contributed by atoms with Crippen LogP contribution in [0.25, 0.3) is 0 Å². The number of nitro benzene ring substituents is 1. The summed E-state index contributed by atoms with van der Waals surface area (Å²) in [5.74, 6) is -0.612. The van der Waals surface area contributed by atoms with Crippen LogP contribution in [0.5, 0.6) is 5.75 Å². The molecule has 0 aliphatic carbocycles. The van der Waals surface area contributed by atoms with Crippen LogP contribution in [0.2, 0.25) is 0 Å². The number of pyridine rings is 1. The van der Waals surface area contributed by atoms with E-state index in [9.17, 15) is 20.0 Å². The number of phenols is 1. The number of carbonyl (C=O) groups excluding carboxylic acids is 1. The highest BCUT2D eigenvalue weighted by Crippen LogP contribution is 2.21. The van der Waals surface area contributed by atoms with Crippen molar-refractivity contribution in [3.63, 3.8) is 0 Å². The Morgan fingerprint density at radius 2 is 2.05 bits per heavy atom. The number of hydrogen-bond donors (Lipinski definition) is 2. The predicted octanol–water partition coefficient (Wildman–Crippen LogP) is 1.46. The van der Waals surface area contributed by atoms with Crippen molar-refractivity contribution in [1.29, 1.82) is 0 Å². The molecule has 0 unspecified atom stereocenters. The number of aromatic nitrogens is 1. The van der Waals surface area contributed by atoms with E-state index in [0.717, 1.165) is 12.3 Å². The maximum atomic E-state index is 11.7. The van der Waals surface area contributed by atoms with Crippen molar-refractivity contribution in [2.75, 3.05) is 0 Å². The van der Waals surface area contributed by atoms with Crippen molar-refractivity contribution in [3.05, 3.63) is 64.0 Å². The van der Waals surface area contributed by atoms with Crippen LogP contribution in [0.3, 0.4) is 0 Å². The van der Waals surface area contributed by atoms with Gasteiger partial charge >= 0.3 is 0 Å². The highest BCUT2D eigenvalue weighted by molar-refractivity contribution is 5.95. The summed E-state index contributed by atoms with van der Waals surface area (Å²) in [4.78, 5) is 25.7. The second kappa shape index (κ2) is 6.24. The van der Waals surface area contributed by atoms with Crippen molar-refractivity contribution in [2.24, 2.45) is 5.10 Å². The van der Waals surface area contributed by atoms with E-state index < -0.39 is 10.8 Å². The number of benzene rings is 1. The van der Waals surface area contributed by atoms with Gasteiger partial charge in [-0.05, 0) is 24.3 Å². The lowest BCUT2D eigenvalue weighted by molar-refractivity contribution is -0.385. The lowest BCUT2D eigenvalue weighted by Crippen LogP contribution is -2.17. The Morgan fingerprint density at radius 3 is 2.71 bits per heavy atom. The molecule has 106 valence electrons. The summed E-state index contributed by atoms with van der Waals surface area (Å²) in [5.41, 5.74) is 2.44. The maximum Gasteiger partial charge on any atom is 0.278 e. The Balaban J connectivity index is 2.13. The highest BCUT2D eigenvalue weighted by atomic mass is 16.6. The van der Waals surface area contributed by atoms with E-state index in [2.05, 4.69) is 15.5 Å². The molecule has 0 saturated carbocycles. The van der Waals surface area contributed by atoms with E-state index in [1.165, 1.54) is 36.7 Å². The van der Waals surface area contributed by atoms with Crippen LogP contribution >= 0.6 is 0 Å². The molecule has 1 amide bonds. The predicted molar refractivity (Wildman–Crippen MR) is 74.1 cm³/mol. The fraction of sp³-hybridized carbons (Fsp3) is 0. The number of nitrogens with zero attached hydrogens (tertiary/aromatic N) is 3. The van der Waals surface area contributed by atoms with Crippen LogP contribution in [0.15, 0.2) is 47.8 Å². The zero-order valence-corrected chi connectivity index (χ0v) is 10.6. The van der Waals surface area contributed by atoms with Gasteiger partial charge in [0.25, 0.3) is 11.6 Å². The van der Waals surface area contributed by atoms with Gasteiger partial charge in [-0.25, -0.2) is 5.43 Å². The zero-order chi connectivity index (χ0) is 15.2. The molecule has 21 heavy (non-hydrogen) atoms. The number of hydrazone groups is 1. The fourth-order valence-electron chi connectivity index (χ4n) is 1.54. The summed E-state index contributed by atoms with van der Waals surface area (Å²) < 4.78 is 0. The van der Waals surface area contributed by atoms with E-state index in [-0.39, 0.29) is 17.0 Å². The SMILES string of the molecule is O=C(N/N=C\c1cc(O)ccc1[N+](=O)[O-])c1ccncc1. The first kappa shape index (κ1) is 14.1. The van der Waals surface area contributed by atoms with Gasteiger partial charge in [0, 0.05) is 24.0 Å². The van der Waals surface area contributed by atoms with Crippen LogP contribution in [0.1, 0.15) is 15.9 Å². The number of phenolic OH excluding ortho intramolecular Hbond substituents is 1. The molecule has 0 spiro atoms. The lowest BCUT2D eigenvalue weighted by Gasteiger charge is -2.00. The molecule has 8 nitrogen and oxygen atoms in total. The molecule has 8 heteroatoms. The summed E-state index contributed by atoms with van der Waals surface area (Å²) in [6.07, 6.45) is 4.01. The molecule has 1 aromatic heterocycles. The van der Waals surface area contributed by atoms with E-state index >= 15 is 0 Å². The van der Waals surface area contributed by atoms with E-state index in [4.69, 9.17) is 0 Å². The minimum atomic E-state index is -0.606. The van der Waals surface area contributed by atoms with Crippen molar-refractivity contribution >= 4 is 17.8 Å². The van der Waals surface area contributed by atoms with Crippen LogP contribution in [-0.4, -0.2) is 27.1 Å². The summed E-state index contributed by atoms with van der Waals surface area (Å²) in [6.45, 7) is 0. The van der Waals surface area contributed by atoms with Gasteiger partial charge in [0.05, 0.1) is 16.7 Å². The molecular weight excluding hydrogens is 276 g/mol. The van der Waals surface area contributed by atoms with Gasteiger partial charge in [-0.2, -0.15) is 5.10 Å². The highest BCUT2D eigenvalue weighted by Gasteiger charge is 2.12. The molecule has 0 bridgehead atoms. The molecule has 2 N–H and O–H groups in total. The van der Waals surface area contributed by atoms with Gasteiger partial charge in [0.1, 0.15) is 5.75 Å². The molecule has 0 aliphatic heterocycles. The lowest BCUT2D eigenvalue weighted by atomic mass is 10.2. The van der Waals surface area contributed by atoms with Crippen LogP contribution in [-0.2, 0) is 0 Å². The van der Waals surface area contributed by atoms with Crippen LogP contribution < -0.4 is 5.43 Å². The first-order valence-corrected chi connectivity index (χ1v) is 5.79. The van der Waals surface area contributed by atoms with Crippen LogP contribution in [0, 0.1) is 10.1 Å². The number of nitrogens with one attached hydrogen (secondary N) is 1. The second-order valence-electron chi connectivity index (χ2n) is 3.94. The van der Waals surface area contributed by atoms with Gasteiger partial charge in [-0.15, -0.1) is 0 Å². The van der Waals surface area contributed by atoms with Gasteiger partial charge in [0.15, 0.2) is 0 Å². The standard InChI is InChI=1S/C13H10N4O4/c18-11-1-2-12(17(20)21)10(7-11)8-15-16-13(19)9-3-5-14-6-4-9/h1-8,18H,(H,16,19)/b15-8-. The molecule has 0 fully saturated rings. The topological polar surface area (TPSA) is 118 Å². The quantitative estimate of drug-likeness (QED) is 0.501. The number of carbonyl (C=O) groups is 1. The van der Waals surface area contributed by atoms with E-state index in [0.29, 0.717) is 5.56 Å². The number of hydrogen-bond acceptors (Lipinski definition) is 6. The van der Waals surface area contributed by atoms with Crippen molar-refractivity contribution in [1.82, 2.24) is 10.4 Å². The average Bonchev–Trinajstić information content (AvgIpc) is 2.48. The smallest absolute Gasteiger partial charge is 0.278 e. The van der Waals surface area contributed by atoms with Gasteiger partial charge in [-0.1, -0.05) is 0 Å². The minimum Gasteiger partial charge on any atom is -0.508 e. The number of aromatic hydroxyl groups is 1. The van der Waals surface area contributed by atoms with Gasteiger partial charge < -0.3 is 5.11 Å². The fourth-order valence-corrected chi connectivity index (χ4v) is 1.54. The van der Waals surface area contributed by atoms with Gasteiger partial charge in [0.2, 0.25) is 0 Å². The first-order chi connectivity index (χ1) is 10.1. The third-order valence-corrected chi connectivity index (χ3v) is 2.52. The third-order valence-electron chi connectivity index (χ3n) is 2.52. The molecule has 2 rings (SSSR count). The minimum absolute atomic E-state index is 0.0787. The van der Waals surface area contributed by atoms with Gasteiger partial charge in [-0.3, -0.25) is 19.9 Å². The largest absolute Gasteiger partial charge is 0.508 e. The molecule has 0 atom stereocenters. The normalized spacial score (nSPS) is 10.5. The Hall–Kier alpha value is -3.29. The molecule has 0 saturated heterocycles. The van der Waals surface area contributed by atoms with Crippen molar-refractivity contribution < 1.29 is 14.8 Å². The van der Waals surface area contributed by atoms with Crippen molar-refractivity contribution in [2.45, 2.75) is 0 Å². The summed E-state index contributed by atoms with van der Waals surface area (Å²) in [7, 11) is 0. The van der Waals surface area contributed by atoms with E-state index in [1.54, 1.807) is 0 Å². The number of amides is 1. The Kier molecular flexibility index (Phi) is 4.20. The number of nitro groups is 1. The number of rotatable bonds is 4. The molecule has 2 aromatic rings. The van der Waals surface area contributed by atoms with E-state index in [1.807, 2.05) is 0 Å². The maximum absolute atomic E-state index is 11.7. The summed E-state index contributed by atoms with van der Waals surface area (Å²) in [5, 5.41) is 23.8. The monoisotopic (exact) mass is 286 g/mol. The average molecular weight is 286 g/mol. The Morgan fingerprint density at radius 1 is 1.33 bits per heavy atom. The molecule has 0 radical (unpaired) electrons. The summed E-state index contributed by atoms with van der Waals surface area (Å²) >= 11 is 0. The molecule has 1 aromatic carbocycles. The zero-order valence-electron chi connectivity index (χ0n) is 10.6. The summed E-state index contributed by atoms with van der Waals surface area (Å²) in [6, 6.07) is 6.54. The molecule has 0 aliphatic rings. The second-order valence-corrected chi connectivity index (χ2v) is 3.94. The Bertz CT molecular complexity index is 701. The molecular formula is C13H10N4O4.